The van der Waals surface area contributed by atoms with Crippen molar-refractivity contribution in [2.45, 2.75) is 19.4 Å². The van der Waals surface area contributed by atoms with E-state index < -0.39 is 5.91 Å². The van der Waals surface area contributed by atoms with Gasteiger partial charge in [-0.25, -0.2) is 0 Å². The van der Waals surface area contributed by atoms with E-state index in [1.165, 1.54) is 0 Å². The summed E-state index contributed by atoms with van der Waals surface area (Å²) in [6.45, 7) is 2.09. The smallest absolute Gasteiger partial charge is 0.248 e. The van der Waals surface area contributed by atoms with Crippen molar-refractivity contribution in [2.24, 2.45) is 5.73 Å². The van der Waals surface area contributed by atoms with Gasteiger partial charge in [0.1, 0.15) is 0 Å². The van der Waals surface area contributed by atoms with Crippen LogP contribution in [0.4, 0.5) is 5.69 Å². The maximum Gasteiger partial charge on any atom is 0.248 e. The summed E-state index contributed by atoms with van der Waals surface area (Å²) in [5.41, 5.74) is 7.61. The molecule has 1 unspecified atom stereocenters. The third-order valence-corrected chi connectivity index (χ3v) is 4.12. The van der Waals surface area contributed by atoms with E-state index in [2.05, 4.69) is 40.3 Å². The van der Waals surface area contributed by atoms with Gasteiger partial charge >= 0.3 is 0 Å². The van der Waals surface area contributed by atoms with E-state index in [9.17, 15) is 4.79 Å². The van der Waals surface area contributed by atoms with Crippen molar-refractivity contribution in [1.29, 1.82) is 0 Å². The number of rotatable bonds is 5. The molecule has 0 fully saturated rings. The van der Waals surface area contributed by atoms with Crippen LogP contribution in [0.1, 0.15) is 35.3 Å². The Balaban J connectivity index is 2.28. The van der Waals surface area contributed by atoms with Gasteiger partial charge in [-0.1, -0.05) is 46.6 Å². The topological polar surface area (TPSA) is 55.1 Å². The highest BCUT2D eigenvalue weighted by molar-refractivity contribution is 9.10. The van der Waals surface area contributed by atoms with E-state index in [4.69, 9.17) is 17.3 Å². The van der Waals surface area contributed by atoms with Crippen molar-refractivity contribution in [3.05, 3.63) is 63.1 Å². The number of carbonyl (C=O) groups excluding carboxylic acids is 1. The molecule has 2 rings (SSSR count). The van der Waals surface area contributed by atoms with Crippen LogP contribution in [-0.2, 0) is 0 Å². The highest BCUT2D eigenvalue weighted by Gasteiger charge is 2.12. The van der Waals surface area contributed by atoms with Crippen molar-refractivity contribution in [3.63, 3.8) is 0 Å². The third-order valence-electron chi connectivity index (χ3n) is 3.26. The molecule has 0 aliphatic heterocycles. The largest absolute Gasteiger partial charge is 0.377 e. The Morgan fingerprint density at radius 3 is 2.52 bits per heavy atom. The summed E-state index contributed by atoms with van der Waals surface area (Å²) in [6, 6.07) is 13.2. The molecule has 0 saturated heterocycles. The summed E-state index contributed by atoms with van der Waals surface area (Å²) >= 11 is 9.62. The Hall–Kier alpha value is -1.52. The van der Waals surface area contributed by atoms with Gasteiger partial charge in [-0.3, -0.25) is 4.79 Å². The molecule has 0 radical (unpaired) electrons. The van der Waals surface area contributed by atoms with Crippen LogP contribution >= 0.6 is 27.5 Å². The Kier molecular flexibility index (Phi) is 5.26. The SMILES string of the molecule is CCC(Nc1cc(C(N)=O)ccc1Cl)c1ccc(Br)cc1. The van der Waals surface area contributed by atoms with Gasteiger partial charge in [0.2, 0.25) is 5.91 Å². The predicted octanol–water partition coefficient (Wildman–Crippen LogP) is 4.76. The fourth-order valence-corrected chi connectivity index (χ4v) is 2.53. The second kappa shape index (κ2) is 6.96. The van der Waals surface area contributed by atoms with Gasteiger partial charge < -0.3 is 11.1 Å². The number of nitrogens with two attached hydrogens (primary N) is 1. The molecule has 2 aromatic carbocycles. The normalized spacial score (nSPS) is 12.0. The molecule has 0 heterocycles. The second-order valence-electron chi connectivity index (χ2n) is 4.72. The molecule has 21 heavy (non-hydrogen) atoms. The third kappa shape index (κ3) is 3.99. The first kappa shape index (κ1) is 15.9. The molecule has 0 aliphatic carbocycles. The minimum absolute atomic E-state index is 0.110. The van der Waals surface area contributed by atoms with Gasteiger partial charge in [-0.2, -0.15) is 0 Å². The molecule has 3 nitrogen and oxygen atoms in total. The van der Waals surface area contributed by atoms with E-state index in [0.717, 1.165) is 16.5 Å². The lowest BCUT2D eigenvalue weighted by Crippen LogP contribution is -2.13. The van der Waals surface area contributed by atoms with E-state index in [1.807, 2.05) is 12.1 Å². The van der Waals surface area contributed by atoms with Gasteiger partial charge in [0.05, 0.1) is 16.8 Å². The Labute approximate surface area is 137 Å². The Bertz CT molecular complexity index is 643. The van der Waals surface area contributed by atoms with E-state index >= 15 is 0 Å². The predicted molar refractivity (Wildman–Crippen MR) is 90.8 cm³/mol. The minimum Gasteiger partial charge on any atom is -0.377 e. The number of nitrogens with one attached hydrogen (secondary N) is 1. The van der Waals surface area contributed by atoms with Crippen molar-refractivity contribution >= 4 is 39.1 Å². The quantitative estimate of drug-likeness (QED) is 0.800. The van der Waals surface area contributed by atoms with Crippen LogP contribution in [0.5, 0.6) is 0 Å². The molecule has 2 aromatic rings. The van der Waals surface area contributed by atoms with Gasteiger partial charge in [0.15, 0.2) is 0 Å². The molecule has 5 heteroatoms. The number of hydrogen-bond donors (Lipinski definition) is 2. The van der Waals surface area contributed by atoms with Crippen LogP contribution in [-0.4, -0.2) is 5.91 Å². The summed E-state index contributed by atoms with van der Waals surface area (Å²) < 4.78 is 1.04. The molecule has 0 spiro atoms. The lowest BCUT2D eigenvalue weighted by molar-refractivity contribution is 0.100. The molecule has 110 valence electrons. The number of benzene rings is 2. The van der Waals surface area contributed by atoms with Gasteiger partial charge in [-0.05, 0) is 42.3 Å². The molecule has 0 aliphatic rings. The number of anilines is 1. The first-order valence-electron chi connectivity index (χ1n) is 6.62. The number of carbonyl (C=O) groups is 1. The van der Waals surface area contributed by atoms with Crippen LogP contribution < -0.4 is 11.1 Å². The summed E-state index contributed by atoms with van der Waals surface area (Å²) in [6.07, 6.45) is 0.888. The van der Waals surface area contributed by atoms with E-state index in [0.29, 0.717) is 16.3 Å². The number of primary amides is 1. The van der Waals surface area contributed by atoms with Crippen molar-refractivity contribution in [3.8, 4) is 0 Å². The van der Waals surface area contributed by atoms with Crippen molar-refractivity contribution < 1.29 is 4.79 Å². The zero-order chi connectivity index (χ0) is 15.4. The summed E-state index contributed by atoms with van der Waals surface area (Å²) in [7, 11) is 0. The van der Waals surface area contributed by atoms with Crippen LogP contribution in [0, 0.1) is 0 Å². The fourth-order valence-electron chi connectivity index (χ4n) is 2.09. The van der Waals surface area contributed by atoms with Gasteiger partial charge in [-0.15, -0.1) is 0 Å². The second-order valence-corrected chi connectivity index (χ2v) is 6.04. The maximum atomic E-state index is 11.3. The summed E-state index contributed by atoms with van der Waals surface area (Å²) in [5, 5.41) is 3.94. The first-order chi connectivity index (χ1) is 10.0. The molecule has 0 saturated carbocycles. The maximum absolute atomic E-state index is 11.3. The fraction of sp³-hybridized carbons (Fsp3) is 0.188. The van der Waals surface area contributed by atoms with Crippen molar-refractivity contribution in [2.75, 3.05) is 5.32 Å². The minimum atomic E-state index is -0.466. The Morgan fingerprint density at radius 1 is 1.29 bits per heavy atom. The summed E-state index contributed by atoms with van der Waals surface area (Å²) in [5.74, 6) is -0.466. The molecular weight excluding hydrogens is 352 g/mol. The molecule has 1 amide bonds. The molecule has 3 N–H and O–H groups in total. The van der Waals surface area contributed by atoms with E-state index in [-0.39, 0.29) is 6.04 Å². The number of amides is 1. The highest BCUT2D eigenvalue weighted by Crippen LogP contribution is 2.29. The average molecular weight is 368 g/mol. The molecule has 1 atom stereocenters. The standard InChI is InChI=1S/C16H16BrClN2O/c1-2-14(10-3-6-12(17)7-4-10)20-15-9-11(16(19)21)5-8-13(15)18/h3-9,14,20H,2H2,1H3,(H2,19,21). The van der Waals surface area contributed by atoms with Crippen LogP contribution in [0.15, 0.2) is 46.9 Å². The number of halogens is 2. The lowest BCUT2D eigenvalue weighted by atomic mass is 10.0. The van der Waals surface area contributed by atoms with Gasteiger partial charge in [0, 0.05) is 10.0 Å². The zero-order valence-corrected chi connectivity index (χ0v) is 13.9. The highest BCUT2D eigenvalue weighted by atomic mass is 79.9. The lowest BCUT2D eigenvalue weighted by Gasteiger charge is -2.20. The van der Waals surface area contributed by atoms with Crippen LogP contribution in [0.25, 0.3) is 0 Å². The van der Waals surface area contributed by atoms with Gasteiger partial charge in [0.25, 0.3) is 0 Å². The van der Waals surface area contributed by atoms with Crippen LogP contribution in [0.3, 0.4) is 0 Å². The molecular formula is C16H16BrClN2O. The summed E-state index contributed by atoms with van der Waals surface area (Å²) in [4.78, 5) is 11.3. The monoisotopic (exact) mass is 366 g/mol. The van der Waals surface area contributed by atoms with E-state index in [1.54, 1.807) is 18.2 Å². The molecule has 0 aromatic heterocycles. The zero-order valence-electron chi connectivity index (χ0n) is 11.6. The average Bonchev–Trinajstić information content (AvgIpc) is 2.47. The Morgan fingerprint density at radius 2 is 1.95 bits per heavy atom. The first-order valence-corrected chi connectivity index (χ1v) is 7.79. The molecule has 0 bridgehead atoms. The van der Waals surface area contributed by atoms with Crippen molar-refractivity contribution in [1.82, 2.24) is 0 Å². The van der Waals surface area contributed by atoms with Crippen LogP contribution in [0.2, 0.25) is 5.02 Å². The number of hydrogen-bond acceptors (Lipinski definition) is 2.